The van der Waals surface area contributed by atoms with Crippen molar-refractivity contribution in [1.29, 1.82) is 0 Å². The van der Waals surface area contributed by atoms with Crippen LogP contribution in [0.5, 0.6) is 0 Å². The van der Waals surface area contributed by atoms with Gasteiger partial charge < -0.3 is 10.2 Å². The first-order valence-electron chi connectivity index (χ1n) is 5.76. The van der Waals surface area contributed by atoms with Crippen molar-refractivity contribution < 1.29 is 9.18 Å². The molecule has 5 heteroatoms. The number of hydrogen-bond donors (Lipinski definition) is 1. The van der Waals surface area contributed by atoms with Gasteiger partial charge in [-0.3, -0.25) is 4.79 Å². The number of nitrogens with one attached hydrogen (secondary N) is 1. The van der Waals surface area contributed by atoms with Gasteiger partial charge in [-0.05, 0) is 31.2 Å². The van der Waals surface area contributed by atoms with E-state index in [-0.39, 0.29) is 24.1 Å². The minimum Gasteiger partial charge on any atom is -0.345 e. The lowest BCUT2D eigenvalue weighted by Gasteiger charge is -2.17. The third-order valence-electron chi connectivity index (χ3n) is 2.66. The Bertz CT molecular complexity index is 357. The summed E-state index contributed by atoms with van der Waals surface area (Å²) >= 11 is 0. The third kappa shape index (κ3) is 5.98. The van der Waals surface area contributed by atoms with Crippen LogP contribution in [-0.2, 0) is 11.2 Å². The Kier molecular flexibility index (Phi) is 8.33. The van der Waals surface area contributed by atoms with Gasteiger partial charge in [0.05, 0.1) is 0 Å². The molecular formula is C13H20ClFN2O. The lowest BCUT2D eigenvalue weighted by molar-refractivity contribution is -0.129. The van der Waals surface area contributed by atoms with Gasteiger partial charge in [0.2, 0.25) is 5.91 Å². The summed E-state index contributed by atoms with van der Waals surface area (Å²) in [7, 11) is 3.62. The average molecular weight is 275 g/mol. The molecule has 1 amide bonds. The predicted molar refractivity (Wildman–Crippen MR) is 73.5 cm³/mol. The van der Waals surface area contributed by atoms with Gasteiger partial charge >= 0.3 is 0 Å². The second-order valence-electron chi connectivity index (χ2n) is 4.05. The number of carbonyl (C=O) groups excluding carboxylic acids is 1. The number of amides is 1. The van der Waals surface area contributed by atoms with Gasteiger partial charge in [0, 0.05) is 26.6 Å². The number of rotatable bonds is 6. The monoisotopic (exact) mass is 274 g/mol. The molecule has 1 aromatic rings. The smallest absolute Gasteiger partial charge is 0.223 e. The van der Waals surface area contributed by atoms with Crippen molar-refractivity contribution in [1.82, 2.24) is 10.2 Å². The summed E-state index contributed by atoms with van der Waals surface area (Å²) < 4.78 is 12.7. The lowest BCUT2D eigenvalue weighted by Crippen LogP contribution is -2.30. The summed E-state index contributed by atoms with van der Waals surface area (Å²) in [5.41, 5.74) is 1.04. The SMILES string of the molecule is CNCCC(=O)N(C)CCc1ccc(F)cc1.Cl. The van der Waals surface area contributed by atoms with Crippen LogP contribution < -0.4 is 5.32 Å². The lowest BCUT2D eigenvalue weighted by atomic mass is 10.1. The molecule has 1 rings (SSSR count). The first-order chi connectivity index (χ1) is 8.13. The molecule has 0 fully saturated rings. The average Bonchev–Trinajstić information content (AvgIpc) is 2.34. The molecule has 0 atom stereocenters. The maximum Gasteiger partial charge on any atom is 0.223 e. The molecule has 0 saturated heterocycles. The number of carbonyl (C=O) groups is 1. The molecule has 102 valence electrons. The molecule has 0 heterocycles. The minimum atomic E-state index is -0.229. The number of hydrogen-bond acceptors (Lipinski definition) is 2. The fourth-order valence-corrected chi connectivity index (χ4v) is 1.50. The molecular weight excluding hydrogens is 255 g/mol. The van der Waals surface area contributed by atoms with Gasteiger partial charge in [0.25, 0.3) is 0 Å². The number of nitrogens with zero attached hydrogens (tertiary/aromatic N) is 1. The van der Waals surface area contributed by atoms with E-state index in [1.54, 1.807) is 24.1 Å². The zero-order chi connectivity index (χ0) is 12.7. The number of likely N-dealkylation sites (N-methyl/N-ethyl adjacent to an activating group) is 1. The van der Waals surface area contributed by atoms with E-state index in [1.807, 2.05) is 7.05 Å². The highest BCUT2D eigenvalue weighted by atomic mass is 35.5. The third-order valence-corrected chi connectivity index (χ3v) is 2.66. The molecule has 18 heavy (non-hydrogen) atoms. The highest BCUT2D eigenvalue weighted by Gasteiger charge is 2.07. The maximum absolute atomic E-state index is 12.7. The fourth-order valence-electron chi connectivity index (χ4n) is 1.50. The maximum atomic E-state index is 12.7. The van der Waals surface area contributed by atoms with Crippen molar-refractivity contribution >= 4 is 18.3 Å². The summed E-state index contributed by atoms with van der Waals surface area (Å²) in [5.74, 6) is -0.103. The number of benzene rings is 1. The summed E-state index contributed by atoms with van der Waals surface area (Å²) in [6.45, 7) is 1.36. The largest absolute Gasteiger partial charge is 0.345 e. The van der Waals surface area contributed by atoms with E-state index >= 15 is 0 Å². The standard InChI is InChI=1S/C13H19FN2O.ClH/c1-15-9-7-13(17)16(2)10-8-11-3-5-12(14)6-4-11;/h3-6,15H,7-10H2,1-2H3;1H. The number of halogens is 2. The van der Waals surface area contributed by atoms with Crippen molar-refractivity contribution in [3.63, 3.8) is 0 Å². The Hall–Kier alpha value is -1.13. The van der Waals surface area contributed by atoms with Crippen LogP contribution in [-0.4, -0.2) is 38.0 Å². The summed E-state index contributed by atoms with van der Waals surface area (Å²) in [5, 5.41) is 2.94. The first kappa shape index (κ1) is 16.9. The molecule has 0 saturated carbocycles. The second-order valence-corrected chi connectivity index (χ2v) is 4.05. The van der Waals surface area contributed by atoms with E-state index in [2.05, 4.69) is 5.32 Å². The van der Waals surface area contributed by atoms with Crippen LogP contribution in [0.1, 0.15) is 12.0 Å². The molecule has 0 aliphatic carbocycles. The van der Waals surface area contributed by atoms with Crippen LogP contribution in [0.4, 0.5) is 4.39 Å². The Morgan fingerprint density at radius 3 is 2.50 bits per heavy atom. The van der Waals surface area contributed by atoms with Crippen LogP contribution in [0.2, 0.25) is 0 Å². The van der Waals surface area contributed by atoms with E-state index in [0.29, 0.717) is 19.5 Å². The van der Waals surface area contributed by atoms with Gasteiger partial charge in [0.15, 0.2) is 0 Å². The van der Waals surface area contributed by atoms with Crippen LogP contribution >= 0.6 is 12.4 Å². The molecule has 0 radical (unpaired) electrons. The van der Waals surface area contributed by atoms with Gasteiger partial charge in [-0.2, -0.15) is 0 Å². The summed E-state index contributed by atoms with van der Waals surface area (Å²) in [6, 6.07) is 6.39. The van der Waals surface area contributed by atoms with E-state index < -0.39 is 0 Å². The van der Waals surface area contributed by atoms with E-state index in [4.69, 9.17) is 0 Å². The molecule has 1 aromatic carbocycles. The van der Waals surface area contributed by atoms with Crippen LogP contribution in [0.15, 0.2) is 24.3 Å². The van der Waals surface area contributed by atoms with Gasteiger partial charge in [0.1, 0.15) is 5.82 Å². The minimum absolute atomic E-state index is 0. The molecule has 1 N–H and O–H groups in total. The Morgan fingerprint density at radius 1 is 1.33 bits per heavy atom. The van der Waals surface area contributed by atoms with Gasteiger partial charge in [-0.1, -0.05) is 12.1 Å². The highest BCUT2D eigenvalue weighted by molar-refractivity contribution is 5.85. The van der Waals surface area contributed by atoms with Crippen molar-refractivity contribution in [2.24, 2.45) is 0 Å². The zero-order valence-corrected chi connectivity index (χ0v) is 11.6. The van der Waals surface area contributed by atoms with E-state index in [0.717, 1.165) is 12.0 Å². The van der Waals surface area contributed by atoms with Crippen LogP contribution in [0.3, 0.4) is 0 Å². The summed E-state index contributed by atoms with van der Waals surface area (Å²) in [6.07, 6.45) is 1.26. The zero-order valence-electron chi connectivity index (χ0n) is 10.8. The molecule has 0 bridgehead atoms. The van der Waals surface area contributed by atoms with Crippen molar-refractivity contribution in [2.45, 2.75) is 12.8 Å². The van der Waals surface area contributed by atoms with Gasteiger partial charge in [-0.15, -0.1) is 12.4 Å². The Balaban J connectivity index is 0.00000289. The Morgan fingerprint density at radius 2 is 1.94 bits per heavy atom. The molecule has 0 spiro atoms. The topological polar surface area (TPSA) is 32.3 Å². The fraction of sp³-hybridized carbons (Fsp3) is 0.462. The summed E-state index contributed by atoms with van der Waals surface area (Å²) in [4.78, 5) is 13.3. The molecule has 0 unspecified atom stereocenters. The second kappa shape index (κ2) is 8.89. The van der Waals surface area contributed by atoms with Gasteiger partial charge in [-0.25, -0.2) is 4.39 Å². The highest BCUT2D eigenvalue weighted by Crippen LogP contribution is 2.04. The van der Waals surface area contributed by atoms with Crippen LogP contribution in [0.25, 0.3) is 0 Å². The van der Waals surface area contributed by atoms with Crippen molar-refractivity contribution in [2.75, 3.05) is 27.2 Å². The van der Waals surface area contributed by atoms with E-state index in [9.17, 15) is 9.18 Å². The molecule has 3 nitrogen and oxygen atoms in total. The predicted octanol–water partition coefficient (Wildman–Crippen LogP) is 1.86. The molecule has 0 aliphatic rings. The van der Waals surface area contributed by atoms with Crippen molar-refractivity contribution in [3.8, 4) is 0 Å². The first-order valence-corrected chi connectivity index (χ1v) is 5.76. The molecule has 0 aromatic heterocycles. The quantitative estimate of drug-likeness (QED) is 0.859. The normalized spacial score (nSPS) is 9.72. The van der Waals surface area contributed by atoms with Crippen LogP contribution in [0, 0.1) is 5.82 Å². The van der Waals surface area contributed by atoms with E-state index in [1.165, 1.54) is 12.1 Å². The van der Waals surface area contributed by atoms with Crippen molar-refractivity contribution in [3.05, 3.63) is 35.6 Å². The Labute approximate surface area is 114 Å². The molecule has 0 aliphatic heterocycles.